The smallest absolute Gasteiger partial charge is 0.131 e. The minimum atomic E-state index is -0.290. The van der Waals surface area contributed by atoms with E-state index >= 15 is 0 Å². The molecule has 1 rings (SSSR count). The summed E-state index contributed by atoms with van der Waals surface area (Å²) in [5, 5.41) is 0.439. The summed E-state index contributed by atoms with van der Waals surface area (Å²) in [6, 6.07) is 4.66. The van der Waals surface area contributed by atoms with Gasteiger partial charge in [-0.25, -0.2) is 4.39 Å². The fourth-order valence-corrected chi connectivity index (χ4v) is 1.33. The van der Waals surface area contributed by atoms with Gasteiger partial charge in [0.15, 0.2) is 0 Å². The molecule has 0 radical (unpaired) electrons. The van der Waals surface area contributed by atoms with Crippen molar-refractivity contribution >= 4 is 17.7 Å². The van der Waals surface area contributed by atoms with Crippen molar-refractivity contribution < 1.29 is 4.39 Å². The number of hydrogen-bond acceptors (Lipinski definition) is 1. The summed E-state index contributed by atoms with van der Waals surface area (Å²) in [7, 11) is 0. The van der Waals surface area contributed by atoms with E-state index in [0.29, 0.717) is 17.1 Å². The second-order valence-electron chi connectivity index (χ2n) is 2.97. The maximum absolute atomic E-state index is 13.2. The van der Waals surface area contributed by atoms with Crippen LogP contribution in [0.15, 0.2) is 24.3 Å². The van der Waals surface area contributed by atoms with Crippen LogP contribution < -0.4 is 5.73 Å². The largest absolute Gasteiger partial charge is 0.330 e. The Morgan fingerprint density at radius 3 is 2.86 bits per heavy atom. The van der Waals surface area contributed by atoms with Crippen LogP contribution in [0.25, 0.3) is 6.08 Å². The van der Waals surface area contributed by atoms with Crippen molar-refractivity contribution in [2.24, 2.45) is 5.73 Å². The van der Waals surface area contributed by atoms with Gasteiger partial charge >= 0.3 is 0 Å². The first kappa shape index (κ1) is 11.2. The van der Waals surface area contributed by atoms with Gasteiger partial charge in [-0.2, -0.15) is 0 Å². The summed E-state index contributed by atoms with van der Waals surface area (Å²) in [6.45, 7) is 0.648. The van der Waals surface area contributed by atoms with E-state index in [4.69, 9.17) is 17.3 Å². The molecule has 0 aliphatic heterocycles. The quantitative estimate of drug-likeness (QED) is 0.764. The fraction of sp³-hybridized carbons (Fsp3) is 0.273. The number of benzene rings is 1. The molecule has 0 saturated heterocycles. The lowest BCUT2D eigenvalue weighted by Gasteiger charge is -1.99. The van der Waals surface area contributed by atoms with Crippen LogP contribution in [-0.2, 0) is 0 Å². The van der Waals surface area contributed by atoms with E-state index in [-0.39, 0.29) is 5.82 Å². The predicted octanol–water partition coefficient (Wildman–Crippen LogP) is 3.23. The molecule has 3 heteroatoms. The van der Waals surface area contributed by atoms with Gasteiger partial charge in [0.1, 0.15) is 5.82 Å². The average Bonchev–Trinajstić information content (AvgIpc) is 2.16. The van der Waals surface area contributed by atoms with E-state index in [1.165, 1.54) is 6.07 Å². The van der Waals surface area contributed by atoms with Crippen LogP contribution >= 0.6 is 11.6 Å². The van der Waals surface area contributed by atoms with E-state index in [2.05, 4.69) is 0 Å². The third-order valence-corrected chi connectivity index (χ3v) is 2.19. The van der Waals surface area contributed by atoms with Crippen molar-refractivity contribution in [3.8, 4) is 0 Å². The molecule has 0 heterocycles. The van der Waals surface area contributed by atoms with E-state index in [1.807, 2.05) is 6.08 Å². The summed E-state index contributed by atoms with van der Waals surface area (Å²) >= 11 is 5.83. The lowest BCUT2D eigenvalue weighted by molar-refractivity contribution is 0.625. The first-order chi connectivity index (χ1) is 6.75. The molecular formula is C11H13ClFN. The molecule has 0 amide bonds. The van der Waals surface area contributed by atoms with Gasteiger partial charge in [0, 0.05) is 5.56 Å². The number of allylic oxidation sites excluding steroid dienone is 1. The topological polar surface area (TPSA) is 26.0 Å². The van der Waals surface area contributed by atoms with E-state index in [0.717, 1.165) is 12.8 Å². The van der Waals surface area contributed by atoms with Crippen LogP contribution in [0, 0.1) is 5.82 Å². The van der Waals surface area contributed by atoms with Crippen LogP contribution in [0.4, 0.5) is 4.39 Å². The Hall–Kier alpha value is -0.860. The molecule has 1 aromatic carbocycles. The Morgan fingerprint density at radius 1 is 1.43 bits per heavy atom. The molecule has 0 saturated carbocycles. The van der Waals surface area contributed by atoms with E-state index < -0.39 is 0 Å². The van der Waals surface area contributed by atoms with Crippen LogP contribution in [0.2, 0.25) is 5.02 Å². The average molecular weight is 214 g/mol. The second kappa shape index (κ2) is 5.78. The van der Waals surface area contributed by atoms with Crippen LogP contribution in [-0.4, -0.2) is 6.54 Å². The van der Waals surface area contributed by atoms with Crippen molar-refractivity contribution in [2.75, 3.05) is 6.54 Å². The number of nitrogens with two attached hydrogens (primary N) is 1. The van der Waals surface area contributed by atoms with Crippen LogP contribution in [0.1, 0.15) is 18.4 Å². The summed E-state index contributed by atoms with van der Waals surface area (Å²) in [5.74, 6) is -0.290. The zero-order valence-corrected chi connectivity index (χ0v) is 8.60. The molecule has 0 aromatic heterocycles. The van der Waals surface area contributed by atoms with Gasteiger partial charge < -0.3 is 5.73 Å². The third kappa shape index (κ3) is 3.13. The Kier molecular flexibility index (Phi) is 4.63. The molecule has 0 aliphatic carbocycles. The van der Waals surface area contributed by atoms with E-state index in [1.54, 1.807) is 18.2 Å². The molecule has 0 unspecified atom stereocenters. The van der Waals surface area contributed by atoms with E-state index in [9.17, 15) is 4.39 Å². The lowest BCUT2D eigenvalue weighted by atomic mass is 10.1. The molecule has 14 heavy (non-hydrogen) atoms. The highest BCUT2D eigenvalue weighted by Crippen LogP contribution is 2.20. The molecular weight excluding hydrogens is 201 g/mol. The molecule has 1 aromatic rings. The Bertz CT molecular complexity index is 303. The summed E-state index contributed by atoms with van der Waals surface area (Å²) in [5.41, 5.74) is 5.78. The highest BCUT2D eigenvalue weighted by molar-refractivity contribution is 6.32. The standard InChI is InChI=1S/C11H13ClFN/c12-10-6-4-7-11(13)9(10)5-2-1-3-8-14/h2,4-7H,1,3,8,14H2. The molecule has 0 fully saturated rings. The van der Waals surface area contributed by atoms with Gasteiger partial charge in [-0.1, -0.05) is 29.8 Å². The molecule has 1 nitrogen and oxygen atoms in total. The lowest BCUT2D eigenvalue weighted by Crippen LogP contribution is -1.96. The van der Waals surface area contributed by atoms with Crippen molar-refractivity contribution in [3.05, 3.63) is 40.7 Å². The van der Waals surface area contributed by atoms with Crippen molar-refractivity contribution in [1.82, 2.24) is 0 Å². The zero-order chi connectivity index (χ0) is 10.4. The summed E-state index contributed by atoms with van der Waals surface area (Å²) in [4.78, 5) is 0. The molecule has 76 valence electrons. The van der Waals surface area contributed by atoms with Crippen molar-refractivity contribution in [3.63, 3.8) is 0 Å². The molecule has 0 bridgehead atoms. The maximum atomic E-state index is 13.2. The predicted molar refractivity (Wildman–Crippen MR) is 58.7 cm³/mol. The van der Waals surface area contributed by atoms with Gasteiger partial charge in [0.05, 0.1) is 5.02 Å². The number of rotatable bonds is 4. The highest BCUT2D eigenvalue weighted by atomic mass is 35.5. The second-order valence-corrected chi connectivity index (χ2v) is 3.38. The van der Waals surface area contributed by atoms with Gasteiger partial charge in [0.2, 0.25) is 0 Å². The van der Waals surface area contributed by atoms with Crippen LogP contribution in [0.3, 0.4) is 0 Å². The molecule has 2 N–H and O–H groups in total. The number of unbranched alkanes of at least 4 members (excludes halogenated alkanes) is 1. The first-order valence-electron chi connectivity index (χ1n) is 4.56. The molecule has 0 atom stereocenters. The maximum Gasteiger partial charge on any atom is 0.131 e. The minimum absolute atomic E-state index is 0.290. The van der Waals surface area contributed by atoms with Gasteiger partial charge in [-0.3, -0.25) is 0 Å². The molecule has 0 aliphatic rings. The summed E-state index contributed by atoms with van der Waals surface area (Å²) < 4.78 is 13.2. The zero-order valence-electron chi connectivity index (χ0n) is 7.84. The van der Waals surface area contributed by atoms with Crippen molar-refractivity contribution in [2.45, 2.75) is 12.8 Å². The first-order valence-corrected chi connectivity index (χ1v) is 4.94. The van der Waals surface area contributed by atoms with Crippen LogP contribution in [0.5, 0.6) is 0 Å². The minimum Gasteiger partial charge on any atom is -0.330 e. The summed E-state index contributed by atoms with van der Waals surface area (Å²) in [6.07, 6.45) is 5.34. The Labute approximate surface area is 88.4 Å². The Morgan fingerprint density at radius 2 is 2.21 bits per heavy atom. The van der Waals surface area contributed by atoms with Gasteiger partial charge in [-0.15, -0.1) is 0 Å². The third-order valence-electron chi connectivity index (χ3n) is 1.86. The number of hydrogen-bond donors (Lipinski definition) is 1. The Balaban J connectivity index is 2.70. The highest BCUT2D eigenvalue weighted by Gasteiger charge is 2.01. The fourth-order valence-electron chi connectivity index (χ4n) is 1.11. The SMILES string of the molecule is NCCCC=Cc1c(F)cccc1Cl. The monoisotopic (exact) mass is 213 g/mol. The van der Waals surface area contributed by atoms with Gasteiger partial charge in [-0.05, 0) is 31.5 Å². The normalized spacial score (nSPS) is 11.1. The number of halogens is 2. The molecule has 0 spiro atoms. The van der Waals surface area contributed by atoms with Gasteiger partial charge in [0.25, 0.3) is 0 Å². The van der Waals surface area contributed by atoms with Crippen molar-refractivity contribution in [1.29, 1.82) is 0 Å².